The zero-order chi connectivity index (χ0) is 10.1. The van der Waals surface area contributed by atoms with Crippen molar-refractivity contribution < 1.29 is 0 Å². The third kappa shape index (κ3) is 1.43. The molecule has 1 N–H and O–H groups in total. The molecule has 0 aliphatic carbocycles. The van der Waals surface area contributed by atoms with Gasteiger partial charge in [0.05, 0.1) is 11.9 Å². The minimum atomic E-state index is 0.961. The summed E-state index contributed by atoms with van der Waals surface area (Å²) < 4.78 is 0. The zero-order valence-electron chi connectivity index (χ0n) is 8.76. The largest absolute Gasteiger partial charge is 0.342 e. The zero-order valence-corrected chi connectivity index (χ0v) is 8.76. The lowest BCUT2D eigenvalue weighted by molar-refractivity contribution is 1.15. The molecule has 0 atom stereocenters. The molecule has 1 aromatic heterocycles. The Morgan fingerprint density at radius 2 is 1.71 bits per heavy atom. The van der Waals surface area contributed by atoms with Crippen molar-refractivity contribution >= 4 is 0 Å². The monoisotopic (exact) mass is 186 g/mol. The van der Waals surface area contributed by atoms with Crippen LogP contribution in [0, 0.1) is 20.8 Å². The summed E-state index contributed by atoms with van der Waals surface area (Å²) in [6.07, 6.45) is 1.89. The van der Waals surface area contributed by atoms with E-state index in [1.165, 1.54) is 16.7 Å². The molecule has 2 aromatic rings. The molecule has 2 rings (SSSR count). The second-order valence-corrected chi connectivity index (χ2v) is 3.65. The highest BCUT2D eigenvalue weighted by Gasteiger charge is 2.06. The Balaban J connectivity index is 2.61. The molecule has 0 bridgehead atoms. The molecule has 72 valence electrons. The van der Waals surface area contributed by atoms with Gasteiger partial charge in [-0.2, -0.15) is 0 Å². The number of rotatable bonds is 1. The summed E-state index contributed by atoms with van der Waals surface area (Å²) in [5.74, 6) is 0.961. The van der Waals surface area contributed by atoms with E-state index in [1.807, 2.05) is 13.1 Å². The third-order valence-electron chi connectivity index (χ3n) is 2.45. The summed E-state index contributed by atoms with van der Waals surface area (Å²) in [6.45, 7) is 6.22. The van der Waals surface area contributed by atoms with Crippen molar-refractivity contribution in [1.82, 2.24) is 9.97 Å². The van der Waals surface area contributed by atoms with Crippen LogP contribution in [-0.2, 0) is 0 Å². The van der Waals surface area contributed by atoms with Crippen molar-refractivity contribution in [2.75, 3.05) is 0 Å². The molecule has 0 amide bonds. The van der Waals surface area contributed by atoms with Gasteiger partial charge in [-0.1, -0.05) is 18.2 Å². The SMILES string of the molecule is Cc1ncc(-c2c(C)cccc2C)[nH]1. The van der Waals surface area contributed by atoms with Gasteiger partial charge >= 0.3 is 0 Å². The number of aryl methyl sites for hydroxylation is 3. The Kier molecular flexibility index (Phi) is 2.12. The molecular weight excluding hydrogens is 172 g/mol. The average Bonchev–Trinajstić information content (AvgIpc) is 2.51. The quantitative estimate of drug-likeness (QED) is 0.728. The first-order valence-corrected chi connectivity index (χ1v) is 4.76. The highest BCUT2D eigenvalue weighted by molar-refractivity contribution is 5.66. The number of hydrogen-bond acceptors (Lipinski definition) is 1. The fraction of sp³-hybridized carbons (Fsp3) is 0.250. The van der Waals surface area contributed by atoms with Gasteiger partial charge in [0.15, 0.2) is 0 Å². The van der Waals surface area contributed by atoms with Gasteiger partial charge in [0.25, 0.3) is 0 Å². The minimum absolute atomic E-state index is 0.961. The van der Waals surface area contributed by atoms with E-state index in [9.17, 15) is 0 Å². The molecule has 0 aliphatic heterocycles. The molecule has 2 nitrogen and oxygen atoms in total. The maximum atomic E-state index is 4.22. The predicted molar refractivity (Wildman–Crippen MR) is 58.2 cm³/mol. The van der Waals surface area contributed by atoms with Crippen molar-refractivity contribution in [3.05, 3.63) is 41.3 Å². The van der Waals surface area contributed by atoms with Crippen LogP contribution in [0.5, 0.6) is 0 Å². The van der Waals surface area contributed by atoms with E-state index in [1.54, 1.807) is 0 Å². The second kappa shape index (κ2) is 3.29. The van der Waals surface area contributed by atoms with Gasteiger partial charge < -0.3 is 4.98 Å². The molecule has 0 saturated carbocycles. The van der Waals surface area contributed by atoms with E-state index in [-0.39, 0.29) is 0 Å². The van der Waals surface area contributed by atoms with Crippen molar-refractivity contribution in [2.24, 2.45) is 0 Å². The molecule has 2 heteroatoms. The maximum absolute atomic E-state index is 4.22. The highest BCUT2D eigenvalue weighted by atomic mass is 14.9. The van der Waals surface area contributed by atoms with Crippen LogP contribution in [0.15, 0.2) is 24.4 Å². The standard InChI is InChI=1S/C12H14N2/c1-8-5-4-6-9(2)12(8)11-7-13-10(3)14-11/h4-7H,1-3H3,(H,13,14). The molecule has 1 aromatic carbocycles. The lowest BCUT2D eigenvalue weighted by Crippen LogP contribution is -1.87. The molecule has 14 heavy (non-hydrogen) atoms. The van der Waals surface area contributed by atoms with Crippen molar-refractivity contribution in [3.63, 3.8) is 0 Å². The number of H-pyrrole nitrogens is 1. The Hall–Kier alpha value is -1.57. The smallest absolute Gasteiger partial charge is 0.103 e. The topological polar surface area (TPSA) is 28.7 Å². The van der Waals surface area contributed by atoms with Crippen LogP contribution in [0.1, 0.15) is 17.0 Å². The predicted octanol–water partition coefficient (Wildman–Crippen LogP) is 3.00. The Morgan fingerprint density at radius 1 is 1.07 bits per heavy atom. The lowest BCUT2D eigenvalue weighted by atomic mass is 10.0. The minimum Gasteiger partial charge on any atom is -0.342 e. The number of nitrogens with zero attached hydrogens (tertiary/aromatic N) is 1. The summed E-state index contributed by atoms with van der Waals surface area (Å²) in [5, 5.41) is 0. The first-order chi connectivity index (χ1) is 6.68. The average molecular weight is 186 g/mol. The van der Waals surface area contributed by atoms with Gasteiger partial charge in [0.1, 0.15) is 5.82 Å². The molecule has 0 aliphatic rings. The number of imidazole rings is 1. The highest BCUT2D eigenvalue weighted by Crippen LogP contribution is 2.24. The van der Waals surface area contributed by atoms with Crippen LogP contribution in [0.2, 0.25) is 0 Å². The maximum Gasteiger partial charge on any atom is 0.103 e. The van der Waals surface area contributed by atoms with Crippen LogP contribution < -0.4 is 0 Å². The molecule has 1 heterocycles. The molecule has 0 spiro atoms. The van der Waals surface area contributed by atoms with E-state index in [2.05, 4.69) is 42.0 Å². The molecule has 0 saturated heterocycles. The normalized spacial score (nSPS) is 10.5. The Labute approximate surface area is 84.0 Å². The van der Waals surface area contributed by atoms with E-state index in [0.717, 1.165) is 11.5 Å². The third-order valence-corrected chi connectivity index (χ3v) is 2.45. The van der Waals surface area contributed by atoms with Crippen LogP contribution >= 0.6 is 0 Å². The summed E-state index contributed by atoms with van der Waals surface area (Å²) in [4.78, 5) is 7.48. The molecule has 0 unspecified atom stereocenters. The van der Waals surface area contributed by atoms with Gasteiger partial charge in [-0.3, -0.25) is 0 Å². The van der Waals surface area contributed by atoms with Gasteiger partial charge in [-0.15, -0.1) is 0 Å². The summed E-state index contributed by atoms with van der Waals surface area (Å²) >= 11 is 0. The number of nitrogens with one attached hydrogen (secondary N) is 1. The second-order valence-electron chi connectivity index (χ2n) is 3.65. The van der Waals surface area contributed by atoms with Gasteiger partial charge in [-0.05, 0) is 31.9 Å². The van der Waals surface area contributed by atoms with Crippen LogP contribution in [-0.4, -0.2) is 9.97 Å². The number of hydrogen-bond donors (Lipinski definition) is 1. The van der Waals surface area contributed by atoms with E-state index in [0.29, 0.717) is 0 Å². The van der Waals surface area contributed by atoms with Crippen molar-refractivity contribution in [2.45, 2.75) is 20.8 Å². The first kappa shape index (κ1) is 9.00. The van der Waals surface area contributed by atoms with Crippen LogP contribution in [0.4, 0.5) is 0 Å². The van der Waals surface area contributed by atoms with E-state index >= 15 is 0 Å². The first-order valence-electron chi connectivity index (χ1n) is 4.76. The van der Waals surface area contributed by atoms with Crippen molar-refractivity contribution in [3.8, 4) is 11.3 Å². The number of aromatic amines is 1. The number of benzene rings is 1. The van der Waals surface area contributed by atoms with Crippen molar-refractivity contribution in [1.29, 1.82) is 0 Å². The van der Waals surface area contributed by atoms with E-state index < -0.39 is 0 Å². The van der Waals surface area contributed by atoms with Gasteiger partial charge in [-0.25, -0.2) is 4.98 Å². The van der Waals surface area contributed by atoms with Gasteiger partial charge in [0.2, 0.25) is 0 Å². The van der Waals surface area contributed by atoms with Crippen LogP contribution in [0.25, 0.3) is 11.3 Å². The summed E-state index contributed by atoms with van der Waals surface area (Å²) in [6, 6.07) is 6.33. The Morgan fingerprint density at radius 3 is 2.21 bits per heavy atom. The van der Waals surface area contributed by atoms with Gasteiger partial charge in [0, 0.05) is 5.56 Å². The molecule has 0 fully saturated rings. The summed E-state index contributed by atoms with van der Waals surface area (Å²) in [7, 11) is 0. The fourth-order valence-electron chi connectivity index (χ4n) is 1.79. The molecular formula is C12H14N2. The number of aromatic nitrogens is 2. The summed E-state index contributed by atoms with van der Waals surface area (Å²) in [5.41, 5.74) is 4.95. The Bertz CT molecular complexity index is 435. The molecule has 0 radical (unpaired) electrons. The van der Waals surface area contributed by atoms with Crippen LogP contribution in [0.3, 0.4) is 0 Å². The fourth-order valence-corrected chi connectivity index (χ4v) is 1.79. The van der Waals surface area contributed by atoms with E-state index in [4.69, 9.17) is 0 Å². The lowest BCUT2D eigenvalue weighted by Gasteiger charge is -2.06.